The van der Waals surface area contributed by atoms with Crippen molar-refractivity contribution >= 4 is 27.5 Å². The van der Waals surface area contributed by atoms with Crippen LogP contribution in [-0.4, -0.2) is 25.5 Å². The molecule has 158 valence electrons. The number of anilines is 1. The topological polar surface area (TPSA) is 74.0 Å². The summed E-state index contributed by atoms with van der Waals surface area (Å²) >= 11 is 3.39. The largest absolute Gasteiger partial charge is 0.471 e. The molecule has 0 spiro atoms. The van der Waals surface area contributed by atoms with Gasteiger partial charge in [0.25, 0.3) is 5.91 Å². The van der Waals surface area contributed by atoms with Crippen molar-refractivity contribution in [2.75, 3.05) is 5.32 Å². The van der Waals surface area contributed by atoms with E-state index in [1.807, 2.05) is 67.1 Å². The van der Waals surface area contributed by atoms with E-state index >= 15 is 0 Å². The molecule has 1 N–H and O–H groups in total. The molecule has 0 radical (unpaired) electrons. The second kappa shape index (κ2) is 9.18. The van der Waals surface area contributed by atoms with Gasteiger partial charge in [-0.2, -0.15) is 10.2 Å². The first-order valence-corrected chi connectivity index (χ1v) is 10.6. The maximum absolute atomic E-state index is 12.7. The van der Waals surface area contributed by atoms with E-state index in [2.05, 4.69) is 31.4 Å². The number of hydrogen-bond donors (Lipinski definition) is 1. The highest BCUT2D eigenvalue weighted by Crippen LogP contribution is 2.17. The van der Waals surface area contributed by atoms with Crippen LogP contribution in [0.15, 0.2) is 71.5 Å². The van der Waals surface area contributed by atoms with E-state index in [1.165, 1.54) is 0 Å². The van der Waals surface area contributed by atoms with Crippen LogP contribution >= 0.6 is 15.9 Å². The Bertz CT molecular complexity index is 1200. The van der Waals surface area contributed by atoms with Crippen molar-refractivity contribution in [3.63, 3.8) is 0 Å². The first kappa shape index (κ1) is 20.9. The van der Waals surface area contributed by atoms with Crippen LogP contribution in [0.25, 0.3) is 0 Å². The summed E-state index contributed by atoms with van der Waals surface area (Å²) in [5.41, 5.74) is 4.27. The lowest BCUT2D eigenvalue weighted by Gasteiger charge is -2.08. The van der Waals surface area contributed by atoms with E-state index in [4.69, 9.17) is 4.74 Å². The molecule has 0 bridgehead atoms. The van der Waals surface area contributed by atoms with E-state index in [0.29, 0.717) is 17.8 Å². The molecule has 0 aliphatic heterocycles. The smallest absolute Gasteiger partial charge is 0.255 e. The van der Waals surface area contributed by atoms with Crippen LogP contribution in [0.1, 0.15) is 27.3 Å². The van der Waals surface area contributed by atoms with Gasteiger partial charge in [-0.25, -0.2) is 4.68 Å². The first-order valence-electron chi connectivity index (χ1n) is 9.78. The molecule has 0 fully saturated rings. The summed E-state index contributed by atoms with van der Waals surface area (Å²) < 4.78 is 10.2. The van der Waals surface area contributed by atoms with Crippen molar-refractivity contribution in [3.8, 4) is 5.75 Å². The van der Waals surface area contributed by atoms with Gasteiger partial charge < -0.3 is 10.1 Å². The number of ether oxygens (including phenoxy) is 1. The average molecular weight is 480 g/mol. The third kappa shape index (κ3) is 5.40. The Morgan fingerprint density at radius 2 is 1.94 bits per heavy atom. The van der Waals surface area contributed by atoms with Crippen molar-refractivity contribution in [2.45, 2.75) is 27.1 Å². The fourth-order valence-electron chi connectivity index (χ4n) is 3.19. The molecule has 4 aromatic rings. The summed E-state index contributed by atoms with van der Waals surface area (Å²) in [7, 11) is 0. The number of hydrogen-bond acceptors (Lipinski definition) is 4. The van der Waals surface area contributed by atoms with Crippen LogP contribution in [0, 0.1) is 13.8 Å². The van der Waals surface area contributed by atoms with Crippen molar-refractivity contribution in [2.24, 2.45) is 0 Å². The highest BCUT2D eigenvalue weighted by atomic mass is 79.9. The van der Waals surface area contributed by atoms with E-state index < -0.39 is 0 Å². The zero-order valence-corrected chi connectivity index (χ0v) is 18.8. The quantitative estimate of drug-likeness (QED) is 0.413. The van der Waals surface area contributed by atoms with Gasteiger partial charge in [0.1, 0.15) is 5.75 Å². The lowest BCUT2D eigenvalue weighted by molar-refractivity contribution is 0.102. The number of carbonyl (C=O) groups is 1. The van der Waals surface area contributed by atoms with E-state index in [0.717, 1.165) is 27.2 Å². The average Bonchev–Trinajstić information content (AvgIpc) is 3.33. The van der Waals surface area contributed by atoms with Gasteiger partial charge in [0.15, 0.2) is 6.73 Å². The number of nitrogens with one attached hydrogen (secondary N) is 1. The Morgan fingerprint density at radius 3 is 2.68 bits per heavy atom. The van der Waals surface area contributed by atoms with Gasteiger partial charge in [-0.05, 0) is 61.9 Å². The van der Waals surface area contributed by atoms with Crippen LogP contribution in [-0.2, 0) is 13.3 Å². The van der Waals surface area contributed by atoms with Gasteiger partial charge in [0.05, 0.1) is 30.3 Å². The second-order valence-corrected chi connectivity index (χ2v) is 8.15. The minimum atomic E-state index is -0.191. The number of amides is 1. The minimum Gasteiger partial charge on any atom is -0.471 e. The summed E-state index contributed by atoms with van der Waals surface area (Å²) in [6.45, 7) is 4.86. The van der Waals surface area contributed by atoms with Crippen molar-refractivity contribution in [1.29, 1.82) is 0 Å². The molecule has 31 heavy (non-hydrogen) atoms. The lowest BCUT2D eigenvalue weighted by atomic mass is 10.1. The Kier molecular flexibility index (Phi) is 6.18. The zero-order valence-electron chi connectivity index (χ0n) is 17.2. The van der Waals surface area contributed by atoms with Crippen LogP contribution in [0.3, 0.4) is 0 Å². The molecule has 0 aliphatic rings. The number of rotatable bonds is 7. The summed E-state index contributed by atoms with van der Waals surface area (Å²) in [4.78, 5) is 12.7. The van der Waals surface area contributed by atoms with Crippen molar-refractivity contribution in [3.05, 3.63) is 94.0 Å². The fourth-order valence-corrected chi connectivity index (χ4v) is 3.46. The molecule has 4 rings (SSSR count). The highest BCUT2D eigenvalue weighted by molar-refractivity contribution is 9.10. The van der Waals surface area contributed by atoms with Gasteiger partial charge in [-0.15, -0.1) is 0 Å². The molecule has 8 heteroatoms. The number of aromatic nitrogens is 4. The number of nitrogens with zero attached hydrogens (tertiary/aromatic N) is 4. The van der Waals surface area contributed by atoms with Gasteiger partial charge in [-0.1, -0.05) is 28.1 Å². The SMILES string of the molecule is Cc1cc(C)n(Cc2cccc(C(=O)Nc3cnn(COc4ccc(Br)cc4)c3)c2)n1. The van der Waals surface area contributed by atoms with Gasteiger partial charge in [0.2, 0.25) is 0 Å². The maximum atomic E-state index is 12.7. The maximum Gasteiger partial charge on any atom is 0.255 e. The van der Waals surface area contributed by atoms with Crippen molar-refractivity contribution in [1.82, 2.24) is 19.6 Å². The summed E-state index contributed by atoms with van der Waals surface area (Å²) in [6.07, 6.45) is 3.33. The van der Waals surface area contributed by atoms with Gasteiger partial charge in [0, 0.05) is 15.7 Å². The molecule has 0 saturated carbocycles. The molecular formula is C23H22BrN5O2. The normalized spacial score (nSPS) is 10.8. The van der Waals surface area contributed by atoms with Crippen molar-refractivity contribution < 1.29 is 9.53 Å². The van der Waals surface area contributed by atoms with E-state index in [-0.39, 0.29) is 12.6 Å². The third-order valence-electron chi connectivity index (χ3n) is 4.69. The van der Waals surface area contributed by atoms with E-state index in [9.17, 15) is 4.79 Å². The number of benzene rings is 2. The Hall–Kier alpha value is -3.39. The van der Waals surface area contributed by atoms with Crippen LogP contribution in [0.5, 0.6) is 5.75 Å². The Balaban J connectivity index is 1.37. The molecule has 7 nitrogen and oxygen atoms in total. The summed E-state index contributed by atoms with van der Waals surface area (Å²) in [5, 5.41) is 11.6. The van der Waals surface area contributed by atoms with Crippen LogP contribution < -0.4 is 10.1 Å². The predicted octanol–water partition coefficient (Wildman–Crippen LogP) is 4.80. The molecular weight excluding hydrogens is 458 g/mol. The molecule has 2 aromatic heterocycles. The monoisotopic (exact) mass is 479 g/mol. The third-order valence-corrected chi connectivity index (χ3v) is 5.22. The molecule has 1 amide bonds. The minimum absolute atomic E-state index is 0.191. The molecule has 0 unspecified atom stereocenters. The highest BCUT2D eigenvalue weighted by Gasteiger charge is 2.10. The standard InChI is InChI=1S/C23H22BrN5O2/c1-16-10-17(2)29(27-16)13-18-4-3-5-19(11-18)23(30)26-21-12-25-28(14-21)15-31-22-8-6-20(24)7-9-22/h3-12,14H,13,15H2,1-2H3,(H,26,30). The van der Waals surface area contributed by atoms with Crippen LogP contribution in [0.2, 0.25) is 0 Å². The van der Waals surface area contributed by atoms with E-state index in [1.54, 1.807) is 23.1 Å². The molecule has 2 aromatic carbocycles. The molecule has 0 atom stereocenters. The molecule has 0 aliphatic carbocycles. The fraction of sp³-hybridized carbons (Fsp3) is 0.174. The van der Waals surface area contributed by atoms with Gasteiger partial charge in [-0.3, -0.25) is 9.48 Å². The number of aryl methyl sites for hydroxylation is 2. The molecule has 0 saturated heterocycles. The summed E-state index contributed by atoms with van der Waals surface area (Å²) in [6, 6.07) is 17.1. The van der Waals surface area contributed by atoms with Gasteiger partial charge >= 0.3 is 0 Å². The van der Waals surface area contributed by atoms with Crippen LogP contribution in [0.4, 0.5) is 5.69 Å². The second-order valence-electron chi connectivity index (χ2n) is 7.24. The Morgan fingerprint density at radius 1 is 1.13 bits per heavy atom. The number of halogens is 1. The first-order chi connectivity index (χ1) is 15.0. The summed E-state index contributed by atoms with van der Waals surface area (Å²) in [5.74, 6) is 0.548. The zero-order chi connectivity index (χ0) is 21.8. The predicted molar refractivity (Wildman–Crippen MR) is 122 cm³/mol. The number of carbonyl (C=O) groups excluding carboxylic acids is 1. The Labute approximate surface area is 188 Å². The molecule has 2 heterocycles. The lowest BCUT2D eigenvalue weighted by Crippen LogP contribution is -2.12.